The topological polar surface area (TPSA) is 104 Å². The Morgan fingerprint density at radius 1 is 1.00 bits per heavy atom. The van der Waals surface area contributed by atoms with Crippen LogP contribution in [0.5, 0.6) is 0 Å². The van der Waals surface area contributed by atoms with E-state index in [9.17, 15) is 14.4 Å². The quantitative estimate of drug-likeness (QED) is 0.805. The van der Waals surface area contributed by atoms with Crippen LogP contribution in [-0.4, -0.2) is 28.1 Å². The Kier molecular flexibility index (Phi) is 4.04. The molecule has 108 valence electrons. The lowest BCUT2D eigenvalue weighted by Crippen LogP contribution is -2.13. The second-order valence-corrected chi connectivity index (χ2v) is 5.08. The third kappa shape index (κ3) is 3.26. The molecule has 0 atom stereocenters. The third-order valence-electron chi connectivity index (χ3n) is 2.78. The van der Waals surface area contributed by atoms with E-state index in [4.69, 9.17) is 10.2 Å². The van der Waals surface area contributed by atoms with Crippen molar-refractivity contribution in [1.29, 1.82) is 0 Å². The summed E-state index contributed by atoms with van der Waals surface area (Å²) in [7, 11) is 0. The number of amides is 1. The molecule has 0 bridgehead atoms. The maximum absolute atomic E-state index is 12.1. The van der Waals surface area contributed by atoms with Gasteiger partial charge in [0, 0.05) is 11.1 Å². The number of carbonyl (C=O) groups excluding carboxylic acids is 1. The van der Waals surface area contributed by atoms with Crippen LogP contribution in [-0.2, 0) is 0 Å². The van der Waals surface area contributed by atoms with Gasteiger partial charge in [0.05, 0.1) is 16.7 Å². The molecule has 0 aliphatic heterocycles. The van der Waals surface area contributed by atoms with Gasteiger partial charge in [0.2, 0.25) is 0 Å². The Hall–Kier alpha value is -2.67. The van der Waals surface area contributed by atoms with Crippen molar-refractivity contribution in [3.63, 3.8) is 0 Å². The minimum Gasteiger partial charge on any atom is -0.478 e. The molecule has 0 saturated carbocycles. The van der Waals surface area contributed by atoms with E-state index < -0.39 is 17.8 Å². The van der Waals surface area contributed by atoms with Gasteiger partial charge in [0.1, 0.15) is 0 Å². The first-order chi connectivity index (χ1) is 9.88. The molecule has 2 aromatic rings. The molecule has 2 rings (SSSR count). The summed E-state index contributed by atoms with van der Waals surface area (Å²) in [5, 5.41) is 23.9. The molecule has 21 heavy (non-hydrogen) atoms. The molecule has 1 amide bonds. The maximum atomic E-state index is 12.1. The number of thiophene rings is 1. The standard InChI is InChI=1S/C14H11NO5S/c1-7-5-21-6-11(7)12(16)15-10-3-8(13(17)18)2-9(4-10)14(19)20/h2-6H,1H3,(H,15,16)(H,17,18)(H,19,20). The summed E-state index contributed by atoms with van der Waals surface area (Å²) in [5.74, 6) is -2.94. The minimum absolute atomic E-state index is 0.128. The van der Waals surface area contributed by atoms with Gasteiger partial charge >= 0.3 is 11.9 Å². The monoisotopic (exact) mass is 305 g/mol. The number of hydrogen-bond donors (Lipinski definition) is 3. The normalized spacial score (nSPS) is 10.1. The maximum Gasteiger partial charge on any atom is 0.335 e. The smallest absolute Gasteiger partial charge is 0.335 e. The average molecular weight is 305 g/mol. The highest BCUT2D eigenvalue weighted by molar-refractivity contribution is 7.08. The number of carboxylic acids is 2. The molecule has 1 aromatic heterocycles. The fourth-order valence-corrected chi connectivity index (χ4v) is 2.57. The first-order valence-electron chi connectivity index (χ1n) is 5.84. The summed E-state index contributed by atoms with van der Waals surface area (Å²) in [6, 6.07) is 3.47. The van der Waals surface area contributed by atoms with Crippen molar-refractivity contribution in [3.8, 4) is 0 Å². The predicted octanol–water partition coefficient (Wildman–Crippen LogP) is 2.71. The van der Waals surface area contributed by atoms with E-state index in [0.29, 0.717) is 5.56 Å². The molecule has 7 heteroatoms. The third-order valence-corrected chi connectivity index (χ3v) is 3.65. The van der Waals surface area contributed by atoms with Crippen LogP contribution < -0.4 is 5.32 Å². The Balaban J connectivity index is 2.35. The molecule has 1 heterocycles. The van der Waals surface area contributed by atoms with Gasteiger partial charge in [-0.3, -0.25) is 4.79 Å². The zero-order valence-corrected chi connectivity index (χ0v) is 11.7. The highest BCUT2D eigenvalue weighted by Gasteiger charge is 2.15. The molecule has 0 fully saturated rings. The number of aromatic carboxylic acids is 2. The Labute approximate surface area is 123 Å². The molecule has 1 aromatic carbocycles. The fourth-order valence-electron chi connectivity index (χ4n) is 1.74. The zero-order valence-electron chi connectivity index (χ0n) is 10.9. The second kappa shape index (κ2) is 5.76. The Morgan fingerprint density at radius 2 is 1.57 bits per heavy atom. The number of hydrogen-bond acceptors (Lipinski definition) is 4. The van der Waals surface area contributed by atoms with E-state index in [1.165, 1.54) is 23.5 Å². The number of carbonyl (C=O) groups is 3. The lowest BCUT2D eigenvalue weighted by Gasteiger charge is -2.07. The fraction of sp³-hybridized carbons (Fsp3) is 0.0714. The largest absolute Gasteiger partial charge is 0.478 e. The van der Waals surface area contributed by atoms with Gasteiger partial charge in [-0.1, -0.05) is 0 Å². The highest BCUT2D eigenvalue weighted by Crippen LogP contribution is 2.19. The van der Waals surface area contributed by atoms with Gasteiger partial charge in [-0.25, -0.2) is 9.59 Å². The number of anilines is 1. The predicted molar refractivity (Wildman–Crippen MR) is 77.4 cm³/mol. The van der Waals surface area contributed by atoms with Crippen LogP contribution >= 0.6 is 11.3 Å². The number of carboxylic acid groups (broad SMARTS) is 2. The molecule has 3 N–H and O–H groups in total. The van der Waals surface area contributed by atoms with Crippen molar-refractivity contribution in [2.45, 2.75) is 6.92 Å². The first-order valence-corrected chi connectivity index (χ1v) is 6.78. The zero-order chi connectivity index (χ0) is 15.6. The van der Waals surface area contributed by atoms with Crippen molar-refractivity contribution in [3.05, 3.63) is 51.2 Å². The van der Waals surface area contributed by atoms with Gasteiger partial charge in [0.25, 0.3) is 5.91 Å². The summed E-state index contributed by atoms with van der Waals surface area (Å²) in [6.45, 7) is 1.78. The van der Waals surface area contributed by atoms with Crippen molar-refractivity contribution < 1.29 is 24.6 Å². The van der Waals surface area contributed by atoms with Gasteiger partial charge in [-0.15, -0.1) is 0 Å². The van der Waals surface area contributed by atoms with E-state index in [-0.39, 0.29) is 16.8 Å². The Morgan fingerprint density at radius 3 is 2.00 bits per heavy atom. The first kappa shape index (κ1) is 14.7. The molecule has 0 saturated heterocycles. The summed E-state index contributed by atoms with van der Waals surface area (Å²) >= 11 is 1.37. The van der Waals surface area contributed by atoms with E-state index in [0.717, 1.165) is 11.6 Å². The molecule has 0 aliphatic carbocycles. The molecule has 6 nitrogen and oxygen atoms in total. The van der Waals surface area contributed by atoms with Gasteiger partial charge in [-0.2, -0.15) is 11.3 Å². The molecule has 0 unspecified atom stereocenters. The lowest BCUT2D eigenvalue weighted by atomic mass is 10.1. The molecule has 0 radical (unpaired) electrons. The number of aryl methyl sites for hydroxylation is 1. The van der Waals surface area contributed by atoms with Crippen LogP contribution in [0.25, 0.3) is 0 Å². The van der Waals surface area contributed by atoms with Crippen molar-refractivity contribution in [1.82, 2.24) is 0 Å². The minimum atomic E-state index is -1.26. The van der Waals surface area contributed by atoms with E-state index >= 15 is 0 Å². The van der Waals surface area contributed by atoms with Crippen LogP contribution in [0.2, 0.25) is 0 Å². The van der Waals surface area contributed by atoms with E-state index in [1.54, 1.807) is 12.3 Å². The molecule has 0 spiro atoms. The SMILES string of the molecule is Cc1cscc1C(=O)Nc1cc(C(=O)O)cc(C(=O)O)c1. The summed E-state index contributed by atoms with van der Waals surface area (Å²) in [4.78, 5) is 34.0. The second-order valence-electron chi connectivity index (χ2n) is 4.33. The van der Waals surface area contributed by atoms with Crippen molar-refractivity contribution in [2.24, 2.45) is 0 Å². The van der Waals surface area contributed by atoms with Gasteiger partial charge < -0.3 is 15.5 Å². The van der Waals surface area contributed by atoms with Crippen LogP contribution in [0.3, 0.4) is 0 Å². The Bertz CT molecular complexity index is 702. The van der Waals surface area contributed by atoms with Crippen LogP contribution in [0.1, 0.15) is 36.6 Å². The molecular weight excluding hydrogens is 294 g/mol. The van der Waals surface area contributed by atoms with Crippen LogP contribution in [0, 0.1) is 6.92 Å². The lowest BCUT2D eigenvalue weighted by molar-refractivity contribution is 0.0696. The summed E-state index contributed by atoms with van der Waals surface area (Å²) < 4.78 is 0. The molecule has 0 aliphatic rings. The highest BCUT2D eigenvalue weighted by atomic mass is 32.1. The van der Waals surface area contributed by atoms with Crippen molar-refractivity contribution >= 4 is 34.9 Å². The van der Waals surface area contributed by atoms with E-state index in [2.05, 4.69) is 5.32 Å². The van der Waals surface area contributed by atoms with E-state index in [1.807, 2.05) is 5.38 Å². The van der Waals surface area contributed by atoms with Crippen LogP contribution in [0.4, 0.5) is 5.69 Å². The summed E-state index contributed by atoms with van der Waals surface area (Å²) in [6.07, 6.45) is 0. The average Bonchev–Trinajstić information content (AvgIpc) is 2.84. The van der Waals surface area contributed by atoms with Crippen molar-refractivity contribution in [2.75, 3.05) is 5.32 Å². The number of benzene rings is 1. The summed E-state index contributed by atoms with van der Waals surface area (Å²) in [5.41, 5.74) is 0.991. The number of nitrogens with one attached hydrogen (secondary N) is 1. The molecular formula is C14H11NO5S. The van der Waals surface area contributed by atoms with Gasteiger partial charge in [0.15, 0.2) is 0 Å². The van der Waals surface area contributed by atoms with Crippen LogP contribution in [0.15, 0.2) is 29.0 Å². The van der Waals surface area contributed by atoms with Gasteiger partial charge in [-0.05, 0) is 36.1 Å². The number of rotatable bonds is 4.